The predicted octanol–water partition coefficient (Wildman–Crippen LogP) is 2.53. The van der Waals surface area contributed by atoms with Gasteiger partial charge in [-0.25, -0.2) is 4.39 Å². The molecule has 2 N–H and O–H groups in total. The number of rotatable bonds is 2. The van der Waals surface area contributed by atoms with Crippen LogP contribution in [0.25, 0.3) is 0 Å². The summed E-state index contributed by atoms with van der Waals surface area (Å²) < 4.78 is 13.0. The molecule has 0 bridgehead atoms. The summed E-state index contributed by atoms with van der Waals surface area (Å²) in [5.41, 5.74) is 6.17. The molecule has 3 heteroatoms. The van der Waals surface area contributed by atoms with Gasteiger partial charge in [0.15, 0.2) is 0 Å². The first-order valence-electron chi connectivity index (χ1n) is 6.79. The van der Waals surface area contributed by atoms with Crippen LogP contribution in [-0.2, 0) is 0 Å². The van der Waals surface area contributed by atoms with Crippen molar-refractivity contribution in [2.24, 2.45) is 17.6 Å². The highest BCUT2D eigenvalue weighted by Gasteiger charge is 2.27. The SMILES string of the molecule is CC1CCN(CC2CCC(F)CC2)C(N)C1. The van der Waals surface area contributed by atoms with Gasteiger partial charge in [-0.2, -0.15) is 0 Å². The number of nitrogens with two attached hydrogens (primary N) is 1. The molecule has 2 unspecified atom stereocenters. The van der Waals surface area contributed by atoms with Crippen molar-refractivity contribution in [3.63, 3.8) is 0 Å². The quantitative estimate of drug-likeness (QED) is 0.787. The summed E-state index contributed by atoms with van der Waals surface area (Å²) in [6.45, 7) is 4.52. The number of piperidine rings is 1. The van der Waals surface area contributed by atoms with Gasteiger partial charge in [-0.1, -0.05) is 6.92 Å². The van der Waals surface area contributed by atoms with Crippen LogP contribution >= 0.6 is 0 Å². The van der Waals surface area contributed by atoms with Crippen molar-refractivity contribution in [3.05, 3.63) is 0 Å². The fraction of sp³-hybridized carbons (Fsp3) is 1.00. The van der Waals surface area contributed by atoms with Gasteiger partial charge in [0.1, 0.15) is 6.17 Å². The number of alkyl halides is 1. The summed E-state index contributed by atoms with van der Waals surface area (Å²) in [5.74, 6) is 1.46. The minimum absolute atomic E-state index is 0.242. The van der Waals surface area contributed by atoms with Crippen molar-refractivity contribution in [1.82, 2.24) is 4.90 Å². The third kappa shape index (κ3) is 3.17. The van der Waals surface area contributed by atoms with E-state index in [9.17, 15) is 4.39 Å². The van der Waals surface area contributed by atoms with E-state index in [1.807, 2.05) is 0 Å². The molecule has 94 valence electrons. The smallest absolute Gasteiger partial charge is 0.100 e. The van der Waals surface area contributed by atoms with E-state index in [4.69, 9.17) is 5.73 Å². The molecule has 0 aromatic heterocycles. The lowest BCUT2D eigenvalue weighted by atomic mass is 9.86. The fourth-order valence-electron chi connectivity index (χ4n) is 3.09. The van der Waals surface area contributed by atoms with E-state index < -0.39 is 6.17 Å². The van der Waals surface area contributed by atoms with Crippen LogP contribution in [0.1, 0.15) is 45.4 Å². The molecule has 2 rings (SSSR count). The van der Waals surface area contributed by atoms with Gasteiger partial charge in [0.25, 0.3) is 0 Å². The second-order valence-corrected chi connectivity index (χ2v) is 5.81. The molecule has 1 heterocycles. The summed E-state index contributed by atoms with van der Waals surface area (Å²) in [6.07, 6.45) is 5.75. The molecule has 0 aromatic carbocycles. The van der Waals surface area contributed by atoms with Crippen molar-refractivity contribution < 1.29 is 4.39 Å². The van der Waals surface area contributed by atoms with E-state index in [0.29, 0.717) is 5.92 Å². The summed E-state index contributed by atoms with van der Waals surface area (Å²) in [4.78, 5) is 2.42. The average Bonchev–Trinajstić information content (AvgIpc) is 2.25. The Hall–Kier alpha value is -0.150. The van der Waals surface area contributed by atoms with E-state index in [-0.39, 0.29) is 6.17 Å². The standard InChI is InChI=1S/C13H25FN2/c1-10-6-7-16(13(15)8-10)9-11-2-4-12(14)5-3-11/h10-13H,2-9,15H2,1H3. The van der Waals surface area contributed by atoms with Crippen LogP contribution in [0.3, 0.4) is 0 Å². The van der Waals surface area contributed by atoms with E-state index in [2.05, 4.69) is 11.8 Å². The van der Waals surface area contributed by atoms with Gasteiger partial charge in [0, 0.05) is 6.54 Å². The second-order valence-electron chi connectivity index (χ2n) is 5.81. The Bertz CT molecular complexity index is 214. The van der Waals surface area contributed by atoms with Crippen molar-refractivity contribution in [2.75, 3.05) is 13.1 Å². The number of halogens is 1. The van der Waals surface area contributed by atoms with Crippen molar-refractivity contribution in [2.45, 2.75) is 57.8 Å². The van der Waals surface area contributed by atoms with Gasteiger partial charge in [-0.15, -0.1) is 0 Å². The summed E-state index contributed by atoms with van der Waals surface area (Å²) in [6, 6.07) is 0. The Morgan fingerprint density at radius 1 is 1.19 bits per heavy atom. The Kier molecular flexibility index (Phi) is 4.20. The van der Waals surface area contributed by atoms with E-state index >= 15 is 0 Å². The van der Waals surface area contributed by atoms with Crippen LogP contribution < -0.4 is 5.73 Å². The lowest BCUT2D eigenvalue weighted by molar-refractivity contribution is 0.0839. The highest BCUT2D eigenvalue weighted by molar-refractivity contribution is 4.80. The van der Waals surface area contributed by atoms with Crippen LogP contribution in [0.15, 0.2) is 0 Å². The molecule has 2 nitrogen and oxygen atoms in total. The van der Waals surface area contributed by atoms with Crippen LogP contribution in [0.4, 0.5) is 4.39 Å². The van der Waals surface area contributed by atoms with E-state index in [1.165, 1.54) is 6.42 Å². The molecule has 1 saturated heterocycles. The molecule has 1 aliphatic carbocycles. The molecule has 0 spiro atoms. The Balaban J connectivity index is 1.76. The monoisotopic (exact) mass is 228 g/mol. The van der Waals surface area contributed by atoms with E-state index in [0.717, 1.165) is 51.1 Å². The normalized spacial score (nSPS) is 42.2. The number of hydrogen-bond donors (Lipinski definition) is 1. The molecule has 0 amide bonds. The lowest BCUT2D eigenvalue weighted by Crippen LogP contribution is -2.49. The van der Waals surface area contributed by atoms with Gasteiger partial charge < -0.3 is 5.73 Å². The van der Waals surface area contributed by atoms with Crippen molar-refractivity contribution in [3.8, 4) is 0 Å². The zero-order chi connectivity index (χ0) is 11.5. The van der Waals surface area contributed by atoms with Crippen LogP contribution in [-0.4, -0.2) is 30.3 Å². The Labute approximate surface area is 98.4 Å². The maximum Gasteiger partial charge on any atom is 0.100 e. The molecule has 1 saturated carbocycles. The zero-order valence-electron chi connectivity index (χ0n) is 10.4. The largest absolute Gasteiger partial charge is 0.316 e. The first-order valence-corrected chi connectivity index (χ1v) is 6.79. The number of likely N-dealkylation sites (tertiary alicyclic amines) is 1. The van der Waals surface area contributed by atoms with Gasteiger partial charge >= 0.3 is 0 Å². The molecule has 2 atom stereocenters. The Morgan fingerprint density at radius 2 is 1.88 bits per heavy atom. The van der Waals surface area contributed by atoms with Crippen molar-refractivity contribution in [1.29, 1.82) is 0 Å². The lowest BCUT2D eigenvalue weighted by Gasteiger charge is -2.39. The van der Waals surface area contributed by atoms with Crippen molar-refractivity contribution >= 4 is 0 Å². The maximum absolute atomic E-state index is 13.0. The average molecular weight is 228 g/mol. The Morgan fingerprint density at radius 3 is 2.50 bits per heavy atom. The fourth-order valence-corrected chi connectivity index (χ4v) is 3.09. The number of hydrogen-bond acceptors (Lipinski definition) is 2. The maximum atomic E-state index is 13.0. The predicted molar refractivity (Wildman–Crippen MR) is 64.8 cm³/mol. The van der Waals surface area contributed by atoms with Gasteiger partial charge in [0.05, 0.1) is 6.17 Å². The molecular weight excluding hydrogens is 203 g/mol. The highest BCUT2D eigenvalue weighted by atomic mass is 19.1. The first kappa shape index (κ1) is 12.3. The van der Waals surface area contributed by atoms with Crippen LogP contribution in [0.5, 0.6) is 0 Å². The summed E-state index contributed by atoms with van der Waals surface area (Å²) in [5, 5.41) is 0. The summed E-state index contributed by atoms with van der Waals surface area (Å²) in [7, 11) is 0. The molecule has 2 fully saturated rings. The van der Waals surface area contributed by atoms with Crippen LogP contribution in [0, 0.1) is 11.8 Å². The van der Waals surface area contributed by atoms with Gasteiger partial charge in [-0.3, -0.25) is 4.90 Å². The first-order chi connectivity index (χ1) is 7.65. The minimum Gasteiger partial charge on any atom is -0.316 e. The molecule has 0 radical (unpaired) electrons. The van der Waals surface area contributed by atoms with E-state index in [1.54, 1.807) is 0 Å². The van der Waals surface area contributed by atoms with Crippen LogP contribution in [0.2, 0.25) is 0 Å². The molecule has 1 aliphatic heterocycles. The van der Waals surface area contributed by atoms with Gasteiger partial charge in [-0.05, 0) is 56.9 Å². The zero-order valence-corrected chi connectivity index (χ0v) is 10.4. The number of nitrogens with zero attached hydrogens (tertiary/aromatic N) is 1. The molecule has 16 heavy (non-hydrogen) atoms. The summed E-state index contributed by atoms with van der Waals surface area (Å²) >= 11 is 0. The van der Waals surface area contributed by atoms with Gasteiger partial charge in [0.2, 0.25) is 0 Å². The molecule has 0 aromatic rings. The third-order valence-corrected chi connectivity index (χ3v) is 4.29. The highest BCUT2D eigenvalue weighted by Crippen LogP contribution is 2.29. The minimum atomic E-state index is -0.536. The molecular formula is C13H25FN2. The second kappa shape index (κ2) is 5.46. The third-order valence-electron chi connectivity index (χ3n) is 4.29. The topological polar surface area (TPSA) is 29.3 Å². The molecule has 2 aliphatic rings.